The number of hydrogen-bond acceptors (Lipinski definition) is 2. The zero-order valence-corrected chi connectivity index (χ0v) is 9.10. The molecule has 4 fully saturated rings. The Morgan fingerprint density at radius 1 is 1.25 bits per heavy atom. The molecule has 84 valence electrons. The van der Waals surface area contributed by atoms with Gasteiger partial charge in [-0.05, 0) is 31.1 Å². The summed E-state index contributed by atoms with van der Waals surface area (Å²) in [5.41, 5.74) is 0. The minimum Gasteiger partial charge on any atom is -0.303 e. The van der Waals surface area contributed by atoms with Crippen molar-refractivity contribution < 1.29 is 4.79 Å². The van der Waals surface area contributed by atoms with Crippen molar-refractivity contribution in [2.45, 2.75) is 50.0 Å². The highest BCUT2D eigenvalue weighted by molar-refractivity contribution is 5.84. The van der Waals surface area contributed by atoms with E-state index in [1.54, 1.807) is 0 Å². The minimum absolute atomic E-state index is 0.0207. The van der Waals surface area contributed by atoms with Crippen molar-refractivity contribution >= 4 is 5.91 Å². The smallest absolute Gasteiger partial charge is 0.301 e. The maximum atomic E-state index is 12.3. The van der Waals surface area contributed by atoms with Crippen molar-refractivity contribution in [3.63, 3.8) is 0 Å². The molecular weight excluding hydrogens is 202 g/mol. The number of nitrogens with one attached hydrogen (secondary N) is 1. The summed E-state index contributed by atoms with van der Waals surface area (Å²) in [7, 11) is 0. The Balaban J connectivity index is 1.52. The van der Waals surface area contributed by atoms with Crippen LogP contribution in [0, 0.1) is 18.4 Å². The van der Waals surface area contributed by atoms with Crippen LogP contribution in [-0.4, -0.2) is 35.1 Å². The first-order chi connectivity index (χ1) is 7.78. The number of amides is 1. The van der Waals surface area contributed by atoms with Gasteiger partial charge in [-0.25, -0.2) is 6.57 Å². The second-order valence-corrected chi connectivity index (χ2v) is 5.71. The molecule has 4 aliphatic rings. The number of fused-ring (bicyclic) bond motifs is 2. The quantitative estimate of drug-likeness (QED) is 0.653. The normalized spacial score (nSPS) is 51.8. The van der Waals surface area contributed by atoms with Gasteiger partial charge in [0.05, 0.1) is 6.04 Å². The summed E-state index contributed by atoms with van der Waals surface area (Å²) in [6.07, 6.45) is 4.15. The Hall–Kier alpha value is -1.08. The van der Waals surface area contributed by atoms with Crippen molar-refractivity contribution in [1.29, 1.82) is 0 Å². The van der Waals surface area contributed by atoms with E-state index in [1.165, 1.54) is 6.42 Å². The molecule has 2 unspecified atom stereocenters. The highest BCUT2D eigenvalue weighted by Gasteiger charge is 2.59. The molecule has 6 atom stereocenters. The Morgan fingerprint density at radius 2 is 2.12 bits per heavy atom. The fraction of sp³-hybridized carbons (Fsp3) is 0.833. The van der Waals surface area contributed by atoms with E-state index in [0.29, 0.717) is 18.0 Å². The van der Waals surface area contributed by atoms with Crippen molar-refractivity contribution in [1.82, 2.24) is 10.2 Å². The summed E-state index contributed by atoms with van der Waals surface area (Å²) >= 11 is 0. The second-order valence-electron chi connectivity index (χ2n) is 5.71. The summed E-state index contributed by atoms with van der Waals surface area (Å²) in [5, 5.41) is 3.39. The van der Waals surface area contributed by atoms with Gasteiger partial charge in [0.1, 0.15) is 0 Å². The van der Waals surface area contributed by atoms with Crippen LogP contribution in [0.25, 0.3) is 4.85 Å². The minimum atomic E-state index is -0.157. The third kappa shape index (κ3) is 1.10. The number of carbonyl (C=O) groups is 1. The van der Waals surface area contributed by atoms with Crippen LogP contribution in [0.3, 0.4) is 0 Å². The lowest BCUT2D eigenvalue weighted by Crippen LogP contribution is -2.47. The number of piperidine rings is 2. The molecule has 1 amide bonds. The fourth-order valence-corrected chi connectivity index (χ4v) is 3.55. The van der Waals surface area contributed by atoms with E-state index >= 15 is 0 Å². The Morgan fingerprint density at radius 3 is 2.81 bits per heavy atom. The molecule has 2 saturated heterocycles. The first-order valence-electron chi connectivity index (χ1n) is 6.22. The highest BCUT2D eigenvalue weighted by Crippen LogP contribution is 2.49. The molecular formula is C12H15N3O. The molecule has 0 spiro atoms. The molecule has 0 aromatic heterocycles. The maximum absolute atomic E-state index is 12.3. The van der Waals surface area contributed by atoms with Crippen molar-refractivity contribution in [3.05, 3.63) is 11.4 Å². The van der Waals surface area contributed by atoms with Crippen LogP contribution >= 0.6 is 0 Å². The van der Waals surface area contributed by atoms with Crippen molar-refractivity contribution in [2.24, 2.45) is 11.8 Å². The van der Waals surface area contributed by atoms with E-state index < -0.39 is 0 Å². The Labute approximate surface area is 94.8 Å². The lowest BCUT2D eigenvalue weighted by atomic mass is 10.1. The average molecular weight is 217 g/mol. The highest BCUT2D eigenvalue weighted by atomic mass is 16.2. The SMILES string of the molecule is [C-]#[N+][C@@H]1C[C@@H]2CC2N1C(=O)[C@@H]1C[C@@H]2CC2N1. The largest absolute Gasteiger partial charge is 0.303 e. The van der Waals surface area contributed by atoms with Crippen LogP contribution in [0.4, 0.5) is 0 Å². The van der Waals surface area contributed by atoms with Crippen LogP contribution in [-0.2, 0) is 4.79 Å². The molecule has 2 heterocycles. The van der Waals surface area contributed by atoms with Gasteiger partial charge in [0.2, 0.25) is 5.91 Å². The first-order valence-corrected chi connectivity index (χ1v) is 6.22. The summed E-state index contributed by atoms with van der Waals surface area (Å²) in [5.74, 6) is 1.59. The predicted octanol–water partition coefficient (Wildman–Crippen LogP) is 0.603. The van der Waals surface area contributed by atoms with Gasteiger partial charge in [-0.2, -0.15) is 0 Å². The summed E-state index contributed by atoms with van der Waals surface area (Å²) in [4.78, 5) is 17.8. The zero-order chi connectivity index (χ0) is 10.9. The van der Waals surface area contributed by atoms with Crippen molar-refractivity contribution in [3.8, 4) is 0 Å². The first kappa shape index (κ1) is 9.00. The average Bonchev–Trinajstić information content (AvgIpc) is 3.16. The third-order valence-electron chi connectivity index (χ3n) is 4.66. The lowest BCUT2D eigenvalue weighted by Gasteiger charge is -2.23. The molecule has 4 nitrogen and oxygen atoms in total. The van der Waals surface area contributed by atoms with Crippen LogP contribution in [0.5, 0.6) is 0 Å². The van der Waals surface area contributed by atoms with Crippen LogP contribution in [0.2, 0.25) is 0 Å². The standard InChI is InChI=1S/C12H15N3O/c1-13-11-5-7-4-10(7)15(11)12(16)9-3-6-2-8(6)14-9/h6-11,14H,2-5H2/t6-,7-,8?,9-,10?,11-/m0/s1. The predicted molar refractivity (Wildman–Crippen MR) is 57.2 cm³/mol. The van der Waals surface area contributed by atoms with Crippen LogP contribution < -0.4 is 5.32 Å². The molecule has 2 aliphatic carbocycles. The van der Waals surface area contributed by atoms with E-state index in [0.717, 1.165) is 25.2 Å². The molecule has 4 heteroatoms. The van der Waals surface area contributed by atoms with E-state index in [-0.39, 0.29) is 18.1 Å². The number of rotatable bonds is 1. The van der Waals surface area contributed by atoms with Crippen LogP contribution in [0.1, 0.15) is 25.7 Å². The molecule has 0 radical (unpaired) electrons. The van der Waals surface area contributed by atoms with Gasteiger partial charge in [-0.3, -0.25) is 14.5 Å². The number of likely N-dealkylation sites (tertiary alicyclic amines) is 1. The van der Waals surface area contributed by atoms with Gasteiger partial charge < -0.3 is 5.32 Å². The molecule has 0 aromatic carbocycles. The van der Waals surface area contributed by atoms with Gasteiger partial charge in [0.25, 0.3) is 0 Å². The molecule has 0 aromatic rings. The molecule has 0 bridgehead atoms. The van der Waals surface area contributed by atoms with E-state index in [9.17, 15) is 4.79 Å². The van der Waals surface area contributed by atoms with E-state index in [4.69, 9.17) is 6.57 Å². The van der Waals surface area contributed by atoms with Gasteiger partial charge >= 0.3 is 6.17 Å². The topological polar surface area (TPSA) is 36.7 Å². The zero-order valence-electron chi connectivity index (χ0n) is 9.10. The summed E-state index contributed by atoms with van der Waals surface area (Å²) in [6.45, 7) is 7.16. The van der Waals surface area contributed by atoms with E-state index in [1.807, 2.05) is 4.90 Å². The second kappa shape index (κ2) is 2.78. The van der Waals surface area contributed by atoms with Crippen LogP contribution in [0.15, 0.2) is 0 Å². The lowest BCUT2D eigenvalue weighted by molar-refractivity contribution is -0.134. The van der Waals surface area contributed by atoms with Crippen molar-refractivity contribution in [2.75, 3.05) is 0 Å². The molecule has 16 heavy (non-hydrogen) atoms. The number of nitrogens with zero attached hydrogens (tertiary/aromatic N) is 2. The van der Waals surface area contributed by atoms with Gasteiger partial charge in [-0.15, -0.1) is 0 Å². The molecule has 2 saturated carbocycles. The molecule has 2 aliphatic heterocycles. The molecule has 1 N–H and O–H groups in total. The van der Waals surface area contributed by atoms with E-state index in [2.05, 4.69) is 10.2 Å². The third-order valence-corrected chi connectivity index (χ3v) is 4.66. The van der Waals surface area contributed by atoms with Gasteiger partial charge in [0, 0.05) is 18.5 Å². The maximum Gasteiger partial charge on any atom is 0.301 e. The van der Waals surface area contributed by atoms with Gasteiger partial charge in [-0.1, -0.05) is 0 Å². The number of hydrogen-bond donors (Lipinski definition) is 1. The fourth-order valence-electron chi connectivity index (χ4n) is 3.55. The number of carbonyl (C=O) groups excluding carboxylic acids is 1. The monoisotopic (exact) mass is 217 g/mol. The summed E-state index contributed by atoms with van der Waals surface area (Å²) < 4.78 is 0. The summed E-state index contributed by atoms with van der Waals surface area (Å²) in [6, 6.07) is 1.04. The Kier molecular flexibility index (Phi) is 1.56. The Bertz CT molecular complexity index is 392. The molecule has 4 rings (SSSR count). The van der Waals surface area contributed by atoms with Gasteiger partial charge in [0.15, 0.2) is 0 Å².